The number of fused-ring (bicyclic) bond motifs is 1. The molecule has 1 aliphatic rings. The van der Waals surface area contributed by atoms with Crippen LogP contribution in [0.4, 0.5) is 10.1 Å². The van der Waals surface area contributed by atoms with Gasteiger partial charge in [-0.25, -0.2) is 4.39 Å². The number of pyridine rings is 1. The van der Waals surface area contributed by atoms with Crippen molar-refractivity contribution in [3.8, 4) is 0 Å². The first-order valence-corrected chi connectivity index (χ1v) is 10.9. The molecular weight excluding hydrogens is 399 g/mol. The number of anilines is 1. The van der Waals surface area contributed by atoms with Crippen molar-refractivity contribution in [3.05, 3.63) is 70.6 Å². The molecule has 0 spiro atoms. The van der Waals surface area contributed by atoms with Crippen LogP contribution in [0.5, 0.6) is 0 Å². The van der Waals surface area contributed by atoms with Gasteiger partial charge in [0, 0.05) is 28.2 Å². The minimum atomic E-state index is -0.230. The number of hydrogen-bond donors (Lipinski definition) is 1. The molecule has 0 radical (unpaired) electrons. The zero-order valence-electron chi connectivity index (χ0n) is 17.3. The second kappa shape index (κ2) is 8.73. The van der Waals surface area contributed by atoms with Crippen LogP contribution in [0, 0.1) is 24.6 Å². The van der Waals surface area contributed by atoms with Crippen molar-refractivity contribution < 1.29 is 9.18 Å². The second-order valence-electron chi connectivity index (χ2n) is 8.42. The van der Waals surface area contributed by atoms with E-state index >= 15 is 0 Å². The summed E-state index contributed by atoms with van der Waals surface area (Å²) in [6, 6.07) is 12.4. The molecule has 0 unspecified atom stereocenters. The molecule has 0 bridgehead atoms. The van der Waals surface area contributed by atoms with Crippen LogP contribution < -0.4 is 5.32 Å². The Hall–Kier alpha value is -2.46. The summed E-state index contributed by atoms with van der Waals surface area (Å²) in [7, 11) is 0. The second-order valence-corrected chi connectivity index (χ2v) is 8.82. The first kappa shape index (κ1) is 20.8. The third kappa shape index (κ3) is 4.34. The Bertz CT molecular complexity index is 1080. The van der Waals surface area contributed by atoms with Gasteiger partial charge in [0.15, 0.2) is 0 Å². The van der Waals surface area contributed by atoms with Gasteiger partial charge in [-0.2, -0.15) is 0 Å². The van der Waals surface area contributed by atoms with Gasteiger partial charge in [0.25, 0.3) is 0 Å². The molecule has 1 aromatic heterocycles. The molecular formula is C25H26ClFN2O. The number of aromatic nitrogens is 1. The molecule has 156 valence electrons. The molecule has 1 N–H and O–H groups in total. The fourth-order valence-electron chi connectivity index (χ4n) is 4.57. The van der Waals surface area contributed by atoms with E-state index in [1.54, 1.807) is 18.2 Å². The highest BCUT2D eigenvalue weighted by molar-refractivity contribution is 6.31. The van der Waals surface area contributed by atoms with E-state index in [0.29, 0.717) is 16.9 Å². The number of nitrogens with zero attached hydrogens (tertiary/aromatic N) is 1. The molecule has 0 aliphatic heterocycles. The van der Waals surface area contributed by atoms with Crippen LogP contribution >= 0.6 is 11.6 Å². The topological polar surface area (TPSA) is 42.0 Å². The number of amides is 1. The first-order valence-electron chi connectivity index (χ1n) is 10.5. The van der Waals surface area contributed by atoms with Crippen molar-refractivity contribution in [2.75, 3.05) is 5.32 Å². The van der Waals surface area contributed by atoms with Gasteiger partial charge in [0.2, 0.25) is 5.91 Å². The van der Waals surface area contributed by atoms with E-state index in [1.165, 1.54) is 11.6 Å². The number of aryl methyl sites for hydroxylation is 1. The van der Waals surface area contributed by atoms with E-state index in [1.807, 2.05) is 38.2 Å². The minimum absolute atomic E-state index is 0.0369. The SMILES string of the molecule is Cc1ccc(NC(=O)[C@H](C)C2CCC(c3ccnc4ccc(F)cc34)CC2)cc1Cl. The van der Waals surface area contributed by atoms with Crippen molar-refractivity contribution in [2.45, 2.75) is 45.4 Å². The third-order valence-corrected chi connectivity index (χ3v) is 6.92. The third-order valence-electron chi connectivity index (χ3n) is 6.51. The molecule has 3 nitrogen and oxygen atoms in total. The fourth-order valence-corrected chi connectivity index (χ4v) is 4.75. The molecule has 0 saturated heterocycles. The maximum atomic E-state index is 13.8. The van der Waals surface area contributed by atoms with E-state index in [-0.39, 0.29) is 17.6 Å². The molecule has 3 aromatic rings. The maximum absolute atomic E-state index is 13.8. The van der Waals surface area contributed by atoms with Gasteiger partial charge in [-0.05, 0) is 92.0 Å². The quantitative estimate of drug-likeness (QED) is 0.495. The van der Waals surface area contributed by atoms with Crippen molar-refractivity contribution >= 4 is 34.1 Å². The summed E-state index contributed by atoms with van der Waals surface area (Å²) in [5.41, 5.74) is 3.73. The lowest BCUT2D eigenvalue weighted by atomic mass is 9.73. The lowest BCUT2D eigenvalue weighted by molar-refractivity contribution is -0.121. The van der Waals surface area contributed by atoms with Gasteiger partial charge < -0.3 is 5.32 Å². The number of halogens is 2. The average molecular weight is 425 g/mol. The van der Waals surface area contributed by atoms with Gasteiger partial charge in [0.1, 0.15) is 5.82 Å². The van der Waals surface area contributed by atoms with Crippen LogP contribution in [0.3, 0.4) is 0 Å². The highest BCUT2D eigenvalue weighted by Gasteiger charge is 2.30. The Morgan fingerprint density at radius 1 is 1.13 bits per heavy atom. The van der Waals surface area contributed by atoms with Crippen molar-refractivity contribution in [1.29, 1.82) is 0 Å². The lowest BCUT2D eigenvalue weighted by Gasteiger charge is -2.32. The highest BCUT2D eigenvalue weighted by Crippen LogP contribution is 2.41. The van der Waals surface area contributed by atoms with Gasteiger partial charge in [-0.1, -0.05) is 24.6 Å². The lowest BCUT2D eigenvalue weighted by Crippen LogP contribution is -2.29. The number of nitrogens with one attached hydrogen (secondary N) is 1. The normalized spacial score (nSPS) is 20.1. The predicted molar refractivity (Wildman–Crippen MR) is 120 cm³/mol. The molecule has 2 aromatic carbocycles. The number of carbonyl (C=O) groups is 1. The van der Waals surface area contributed by atoms with E-state index in [2.05, 4.69) is 10.3 Å². The molecule has 1 fully saturated rings. The van der Waals surface area contributed by atoms with Crippen LogP contribution in [-0.4, -0.2) is 10.9 Å². The summed E-state index contributed by atoms with van der Waals surface area (Å²) in [6.07, 6.45) is 5.76. The number of carbonyl (C=O) groups excluding carboxylic acids is 1. The molecule has 1 aliphatic carbocycles. The van der Waals surface area contributed by atoms with Crippen LogP contribution in [0.1, 0.15) is 49.7 Å². The van der Waals surface area contributed by atoms with Gasteiger partial charge in [0.05, 0.1) is 5.52 Å². The Morgan fingerprint density at radius 2 is 1.90 bits per heavy atom. The van der Waals surface area contributed by atoms with Crippen molar-refractivity contribution in [2.24, 2.45) is 11.8 Å². The fraction of sp³-hybridized carbons (Fsp3) is 0.360. The Labute approximate surface area is 181 Å². The standard InChI is InChI=1S/C25H26ClFN2O/c1-15-3-9-20(14-23(15)26)29-25(30)16(2)17-4-6-18(7-5-17)21-11-12-28-24-10-8-19(27)13-22(21)24/h3,8-14,16-18H,4-7H2,1-2H3,(H,29,30)/t16-,17?,18?/m1/s1. The Morgan fingerprint density at radius 3 is 2.63 bits per heavy atom. The van der Waals surface area contributed by atoms with Crippen molar-refractivity contribution in [3.63, 3.8) is 0 Å². The number of benzene rings is 2. The molecule has 1 heterocycles. The molecule has 4 rings (SSSR count). The summed E-state index contributed by atoms with van der Waals surface area (Å²) < 4.78 is 13.8. The molecule has 1 atom stereocenters. The molecule has 1 saturated carbocycles. The molecule has 30 heavy (non-hydrogen) atoms. The summed E-state index contributed by atoms with van der Waals surface area (Å²) in [4.78, 5) is 17.1. The van der Waals surface area contributed by atoms with Crippen LogP contribution in [0.25, 0.3) is 10.9 Å². The van der Waals surface area contributed by atoms with E-state index < -0.39 is 0 Å². The Balaban J connectivity index is 1.41. The summed E-state index contributed by atoms with van der Waals surface area (Å²) in [5.74, 6) is 0.450. The highest BCUT2D eigenvalue weighted by atomic mass is 35.5. The average Bonchev–Trinajstić information content (AvgIpc) is 2.75. The van der Waals surface area contributed by atoms with Gasteiger partial charge in [-0.3, -0.25) is 9.78 Å². The minimum Gasteiger partial charge on any atom is -0.326 e. The summed E-state index contributed by atoms with van der Waals surface area (Å²) in [6.45, 7) is 3.95. The first-order chi connectivity index (χ1) is 14.4. The molecule has 5 heteroatoms. The predicted octanol–water partition coefficient (Wildman–Crippen LogP) is 6.88. The number of rotatable bonds is 4. The van der Waals surface area contributed by atoms with Crippen molar-refractivity contribution in [1.82, 2.24) is 4.98 Å². The van der Waals surface area contributed by atoms with E-state index in [4.69, 9.17) is 11.6 Å². The largest absolute Gasteiger partial charge is 0.326 e. The summed E-state index contributed by atoms with van der Waals surface area (Å²) >= 11 is 6.17. The van der Waals surface area contributed by atoms with Crippen LogP contribution in [0.2, 0.25) is 5.02 Å². The zero-order chi connectivity index (χ0) is 21.3. The maximum Gasteiger partial charge on any atom is 0.227 e. The van der Waals surface area contributed by atoms with E-state index in [0.717, 1.165) is 47.8 Å². The summed E-state index contributed by atoms with van der Waals surface area (Å²) in [5, 5.41) is 4.57. The monoisotopic (exact) mass is 424 g/mol. The van der Waals surface area contributed by atoms with Gasteiger partial charge in [-0.15, -0.1) is 0 Å². The smallest absolute Gasteiger partial charge is 0.227 e. The van der Waals surface area contributed by atoms with Crippen LogP contribution in [0.15, 0.2) is 48.7 Å². The number of hydrogen-bond acceptors (Lipinski definition) is 2. The van der Waals surface area contributed by atoms with Crippen LogP contribution in [-0.2, 0) is 4.79 Å². The van der Waals surface area contributed by atoms with Gasteiger partial charge >= 0.3 is 0 Å². The Kier molecular flexibility index (Phi) is 6.05. The molecule has 1 amide bonds. The zero-order valence-corrected chi connectivity index (χ0v) is 18.0. The van der Waals surface area contributed by atoms with E-state index in [9.17, 15) is 9.18 Å².